The lowest BCUT2D eigenvalue weighted by Crippen LogP contribution is -2.44. The summed E-state index contributed by atoms with van der Waals surface area (Å²) < 4.78 is 4.78. The molecule has 0 saturated carbocycles. The van der Waals surface area contributed by atoms with Crippen LogP contribution in [0.2, 0.25) is 0 Å². The number of amides is 2. The molecule has 82 valence electrons. The number of nitrogens with two attached hydrogens (primary N) is 1. The van der Waals surface area contributed by atoms with Gasteiger partial charge in [-0.1, -0.05) is 0 Å². The van der Waals surface area contributed by atoms with Gasteiger partial charge in [-0.15, -0.1) is 0 Å². The van der Waals surface area contributed by atoms with E-state index in [2.05, 4.69) is 10.6 Å². The highest BCUT2D eigenvalue weighted by Crippen LogP contribution is 1.85. The normalized spacial score (nSPS) is 11.9. The van der Waals surface area contributed by atoms with E-state index in [-0.39, 0.29) is 24.9 Å². The minimum atomic E-state index is -0.690. The van der Waals surface area contributed by atoms with Gasteiger partial charge in [0.15, 0.2) is 0 Å². The monoisotopic (exact) mass is 203 g/mol. The minimum Gasteiger partial charge on any atom is -0.370 e. The summed E-state index contributed by atoms with van der Waals surface area (Å²) in [5, 5.41) is 4.96. The van der Waals surface area contributed by atoms with Crippen molar-refractivity contribution in [1.82, 2.24) is 10.6 Å². The molecule has 0 spiro atoms. The average molecular weight is 203 g/mol. The van der Waals surface area contributed by atoms with E-state index in [1.54, 1.807) is 6.92 Å². The molecular weight excluding hydrogens is 186 g/mol. The topological polar surface area (TPSA) is 93.5 Å². The van der Waals surface area contributed by atoms with E-state index in [4.69, 9.17) is 10.5 Å². The molecule has 0 aliphatic rings. The lowest BCUT2D eigenvalue weighted by Gasteiger charge is -2.12. The lowest BCUT2D eigenvalue weighted by molar-refractivity contribution is -0.132. The van der Waals surface area contributed by atoms with Gasteiger partial charge in [-0.25, -0.2) is 0 Å². The molecule has 0 bridgehead atoms. The molecule has 0 aromatic heterocycles. The zero-order valence-electron chi connectivity index (χ0n) is 8.50. The van der Waals surface area contributed by atoms with Gasteiger partial charge in [0.05, 0.1) is 6.54 Å². The van der Waals surface area contributed by atoms with Crippen LogP contribution in [0.25, 0.3) is 0 Å². The Bertz CT molecular complexity index is 192. The quantitative estimate of drug-likeness (QED) is 0.475. The van der Waals surface area contributed by atoms with E-state index in [0.29, 0.717) is 6.54 Å². The second-order valence-electron chi connectivity index (χ2n) is 2.63. The molecule has 4 N–H and O–H groups in total. The summed E-state index contributed by atoms with van der Waals surface area (Å²) in [6.45, 7) is 2.39. The second kappa shape index (κ2) is 7.28. The van der Waals surface area contributed by atoms with Crippen molar-refractivity contribution in [3.05, 3.63) is 0 Å². The Morgan fingerprint density at radius 1 is 1.43 bits per heavy atom. The van der Waals surface area contributed by atoms with Crippen LogP contribution in [0.15, 0.2) is 0 Å². The Kier molecular flexibility index (Phi) is 6.69. The SMILES string of the molecule is CCNC(=O)CNC(=O)C(CN)OC. The summed E-state index contributed by atoms with van der Waals surface area (Å²) in [5.74, 6) is -0.603. The van der Waals surface area contributed by atoms with Gasteiger partial charge in [-0.05, 0) is 6.92 Å². The molecule has 0 fully saturated rings. The van der Waals surface area contributed by atoms with E-state index in [0.717, 1.165) is 0 Å². The van der Waals surface area contributed by atoms with E-state index in [9.17, 15) is 9.59 Å². The fraction of sp³-hybridized carbons (Fsp3) is 0.750. The maximum atomic E-state index is 11.2. The first-order valence-corrected chi connectivity index (χ1v) is 4.43. The summed E-state index contributed by atoms with van der Waals surface area (Å²) in [5.41, 5.74) is 5.26. The zero-order chi connectivity index (χ0) is 11.0. The number of likely N-dealkylation sites (N-methyl/N-ethyl adjacent to an activating group) is 1. The van der Waals surface area contributed by atoms with Crippen LogP contribution in [0.4, 0.5) is 0 Å². The number of rotatable bonds is 6. The van der Waals surface area contributed by atoms with Crippen molar-refractivity contribution in [3.63, 3.8) is 0 Å². The van der Waals surface area contributed by atoms with Crippen molar-refractivity contribution in [3.8, 4) is 0 Å². The van der Waals surface area contributed by atoms with Gasteiger partial charge in [-0.2, -0.15) is 0 Å². The Morgan fingerprint density at radius 2 is 2.07 bits per heavy atom. The smallest absolute Gasteiger partial charge is 0.250 e. The number of ether oxygens (including phenoxy) is 1. The molecule has 0 aromatic carbocycles. The van der Waals surface area contributed by atoms with E-state index in [1.807, 2.05) is 0 Å². The lowest BCUT2D eigenvalue weighted by atomic mass is 10.3. The number of methoxy groups -OCH3 is 1. The molecule has 0 saturated heterocycles. The third kappa shape index (κ3) is 4.78. The van der Waals surface area contributed by atoms with Crippen molar-refractivity contribution in [1.29, 1.82) is 0 Å². The molecular formula is C8H17N3O3. The summed E-state index contributed by atoms with van der Waals surface area (Å²) in [6, 6.07) is 0. The van der Waals surface area contributed by atoms with Crippen LogP contribution in [0.1, 0.15) is 6.92 Å². The van der Waals surface area contributed by atoms with Crippen molar-refractivity contribution >= 4 is 11.8 Å². The van der Waals surface area contributed by atoms with Crippen molar-refractivity contribution < 1.29 is 14.3 Å². The first kappa shape index (κ1) is 12.9. The Hall–Kier alpha value is -1.14. The molecule has 0 aliphatic carbocycles. The van der Waals surface area contributed by atoms with Gasteiger partial charge in [0.25, 0.3) is 5.91 Å². The number of carbonyl (C=O) groups excluding carboxylic acids is 2. The van der Waals surface area contributed by atoms with Crippen LogP contribution in [0.5, 0.6) is 0 Å². The molecule has 0 heterocycles. The highest BCUT2D eigenvalue weighted by Gasteiger charge is 2.15. The second-order valence-corrected chi connectivity index (χ2v) is 2.63. The molecule has 6 heteroatoms. The van der Waals surface area contributed by atoms with E-state index in [1.165, 1.54) is 7.11 Å². The van der Waals surface area contributed by atoms with Gasteiger partial charge in [0.2, 0.25) is 5.91 Å². The van der Waals surface area contributed by atoms with Crippen LogP contribution >= 0.6 is 0 Å². The highest BCUT2D eigenvalue weighted by molar-refractivity contribution is 5.86. The zero-order valence-corrected chi connectivity index (χ0v) is 8.50. The largest absolute Gasteiger partial charge is 0.370 e. The Labute approximate surface area is 83.2 Å². The third-order valence-electron chi connectivity index (χ3n) is 1.59. The van der Waals surface area contributed by atoms with Gasteiger partial charge in [0.1, 0.15) is 6.10 Å². The molecule has 2 amide bonds. The maximum absolute atomic E-state index is 11.2. The molecule has 0 rings (SSSR count). The van der Waals surface area contributed by atoms with E-state index < -0.39 is 6.10 Å². The highest BCUT2D eigenvalue weighted by atomic mass is 16.5. The third-order valence-corrected chi connectivity index (χ3v) is 1.59. The summed E-state index contributed by atoms with van der Waals surface area (Å²) in [6.07, 6.45) is -0.690. The number of hydrogen-bond donors (Lipinski definition) is 3. The molecule has 1 unspecified atom stereocenters. The molecule has 14 heavy (non-hydrogen) atoms. The number of nitrogens with one attached hydrogen (secondary N) is 2. The first-order chi connectivity index (χ1) is 6.65. The Morgan fingerprint density at radius 3 is 2.50 bits per heavy atom. The number of carbonyl (C=O) groups is 2. The van der Waals surface area contributed by atoms with Crippen LogP contribution in [-0.2, 0) is 14.3 Å². The van der Waals surface area contributed by atoms with Crippen molar-refractivity contribution in [2.75, 3.05) is 26.7 Å². The Balaban J connectivity index is 3.77. The van der Waals surface area contributed by atoms with E-state index >= 15 is 0 Å². The predicted octanol–water partition coefficient (Wildman–Crippen LogP) is -1.79. The fourth-order valence-corrected chi connectivity index (χ4v) is 0.851. The summed E-state index contributed by atoms with van der Waals surface area (Å²) in [4.78, 5) is 22.2. The van der Waals surface area contributed by atoms with Crippen LogP contribution in [0, 0.1) is 0 Å². The molecule has 0 radical (unpaired) electrons. The number of hydrogen-bond acceptors (Lipinski definition) is 4. The van der Waals surface area contributed by atoms with Crippen molar-refractivity contribution in [2.45, 2.75) is 13.0 Å². The predicted molar refractivity (Wildman–Crippen MR) is 51.5 cm³/mol. The van der Waals surface area contributed by atoms with Gasteiger partial charge in [-0.3, -0.25) is 9.59 Å². The average Bonchev–Trinajstić information content (AvgIpc) is 2.17. The summed E-state index contributed by atoms with van der Waals surface area (Å²) >= 11 is 0. The maximum Gasteiger partial charge on any atom is 0.250 e. The molecule has 1 atom stereocenters. The minimum absolute atomic E-state index is 0.0491. The van der Waals surface area contributed by atoms with Crippen molar-refractivity contribution in [2.24, 2.45) is 5.73 Å². The molecule has 6 nitrogen and oxygen atoms in total. The van der Waals surface area contributed by atoms with Gasteiger partial charge >= 0.3 is 0 Å². The standard InChI is InChI=1S/C8H17N3O3/c1-3-10-7(12)5-11-8(13)6(4-9)14-2/h6H,3-5,9H2,1-2H3,(H,10,12)(H,11,13). The van der Waals surface area contributed by atoms with Crippen LogP contribution < -0.4 is 16.4 Å². The molecule has 0 aromatic rings. The van der Waals surface area contributed by atoms with Gasteiger partial charge < -0.3 is 21.1 Å². The fourth-order valence-electron chi connectivity index (χ4n) is 0.851. The first-order valence-electron chi connectivity index (χ1n) is 4.43. The van der Waals surface area contributed by atoms with Crippen LogP contribution in [0.3, 0.4) is 0 Å². The van der Waals surface area contributed by atoms with Gasteiger partial charge in [0, 0.05) is 20.2 Å². The van der Waals surface area contributed by atoms with Crippen LogP contribution in [-0.4, -0.2) is 44.7 Å². The molecule has 0 aliphatic heterocycles. The summed E-state index contributed by atoms with van der Waals surface area (Å²) in [7, 11) is 1.39.